The van der Waals surface area contributed by atoms with Gasteiger partial charge in [0, 0.05) is 10.9 Å². The van der Waals surface area contributed by atoms with Gasteiger partial charge in [-0.25, -0.2) is 4.39 Å². The predicted molar refractivity (Wildman–Crippen MR) is 86.2 cm³/mol. The summed E-state index contributed by atoms with van der Waals surface area (Å²) in [7, 11) is 0. The van der Waals surface area contributed by atoms with Gasteiger partial charge in [0.2, 0.25) is 0 Å². The molecular weight excluding hydrogens is 283 g/mol. The number of pyridine rings is 1. The fourth-order valence-electron chi connectivity index (χ4n) is 2.50. The van der Waals surface area contributed by atoms with Crippen LogP contribution in [-0.2, 0) is 0 Å². The Morgan fingerprint density at radius 1 is 1.24 bits per heavy atom. The summed E-state index contributed by atoms with van der Waals surface area (Å²) in [6.07, 6.45) is 2.64. The van der Waals surface area contributed by atoms with E-state index in [-0.39, 0.29) is 11.9 Å². The molecule has 0 bridgehead atoms. The van der Waals surface area contributed by atoms with Crippen molar-refractivity contribution in [3.05, 3.63) is 65.0 Å². The third-order valence-electron chi connectivity index (χ3n) is 3.48. The molecule has 21 heavy (non-hydrogen) atoms. The summed E-state index contributed by atoms with van der Waals surface area (Å²) < 4.78 is 15.4. The maximum atomic E-state index is 14.2. The number of benzene rings is 1. The second kappa shape index (κ2) is 6.33. The first-order valence-corrected chi connectivity index (χ1v) is 7.99. The van der Waals surface area contributed by atoms with E-state index in [1.807, 2.05) is 6.07 Å². The Hall–Kier alpha value is -1.78. The molecule has 3 rings (SSSR count). The summed E-state index contributed by atoms with van der Waals surface area (Å²) in [6, 6.07) is 11.1. The van der Waals surface area contributed by atoms with Crippen molar-refractivity contribution in [2.75, 3.05) is 6.54 Å². The second-order valence-corrected chi connectivity index (χ2v) is 5.86. The fraction of sp³-hybridized carbons (Fsp3) is 0.235. The van der Waals surface area contributed by atoms with Gasteiger partial charge in [0.1, 0.15) is 5.82 Å². The van der Waals surface area contributed by atoms with E-state index in [2.05, 4.69) is 40.8 Å². The minimum atomic E-state index is -0.264. The molecule has 0 spiro atoms. The number of hydrogen-bond acceptors (Lipinski definition) is 3. The summed E-state index contributed by atoms with van der Waals surface area (Å²) in [5.74, 6) is -0.264. The van der Waals surface area contributed by atoms with Gasteiger partial charge in [-0.05, 0) is 47.5 Å². The van der Waals surface area contributed by atoms with Crippen LogP contribution in [0.5, 0.6) is 0 Å². The van der Waals surface area contributed by atoms with Crippen LogP contribution in [0.25, 0.3) is 10.1 Å². The number of halogens is 1. The quantitative estimate of drug-likeness (QED) is 0.749. The van der Waals surface area contributed by atoms with Crippen LogP contribution in [0.2, 0.25) is 0 Å². The second-order valence-electron chi connectivity index (χ2n) is 4.94. The Kier molecular flexibility index (Phi) is 4.27. The molecule has 2 aromatic heterocycles. The molecule has 1 atom stereocenters. The number of nitrogens with one attached hydrogen (secondary N) is 1. The highest BCUT2D eigenvalue weighted by molar-refractivity contribution is 7.17. The van der Waals surface area contributed by atoms with Crippen molar-refractivity contribution in [2.45, 2.75) is 19.4 Å². The fourth-order valence-corrected chi connectivity index (χ4v) is 3.44. The highest BCUT2D eigenvalue weighted by Gasteiger charge is 2.20. The number of thiophene rings is 1. The van der Waals surface area contributed by atoms with Crippen LogP contribution in [0.3, 0.4) is 0 Å². The molecule has 108 valence electrons. The Balaban J connectivity index is 2.11. The van der Waals surface area contributed by atoms with Crippen molar-refractivity contribution in [1.29, 1.82) is 0 Å². The van der Waals surface area contributed by atoms with Crippen molar-refractivity contribution in [1.82, 2.24) is 10.3 Å². The summed E-state index contributed by atoms with van der Waals surface area (Å²) in [5.41, 5.74) is 1.56. The summed E-state index contributed by atoms with van der Waals surface area (Å²) in [4.78, 5) is 4.27. The van der Waals surface area contributed by atoms with Crippen LogP contribution in [-0.4, -0.2) is 11.5 Å². The minimum absolute atomic E-state index is 0.214. The van der Waals surface area contributed by atoms with E-state index in [4.69, 9.17) is 0 Å². The third-order valence-corrected chi connectivity index (χ3v) is 4.46. The molecule has 1 aromatic carbocycles. The summed E-state index contributed by atoms with van der Waals surface area (Å²) in [6.45, 7) is 2.92. The van der Waals surface area contributed by atoms with Crippen molar-refractivity contribution < 1.29 is 4.39 Å². The molecule has 2 nitrogen and oxygen atoms in total. The number of fused-ring (bicyclic) bond motifs is 1. The molecule has 0 aliphatic carbocycles. The van der Waals surface area contributed by atoms with E-state index in [1.54, 1.807) is 23.6 Å². The lowest BCUT2D eigenvalue weighted by atomic mass is 10.0. The van der Waals surface area contributed by atoms with Gasteiger partial charge in [-0.15, -0.1) is 11.3 Å². The monoisotopic (exact) mass is 300 g/mol. The largest absolute Gasteiger partial charge is 0.305 e. The van der Waals surface area contributed by atoms with Gasteiger partial charge in [-0.1, -0.05) is 25.1 Å². The van der Waals surface area contributed by atoms with Crippen LogP contribution in [0.4, 0.5) is 4.39 Å². The van der Waals surface area contributed by atoms with Gasteiger partial charge in [0.15, 0.2) is 0 Å². The molecule has 0 saturated heterocycles. The Morgan fingerprint density at radius 2 is 2.14 bits per heavy atom. The first kappa shape index (κ1) is 14.2. The first-order valence-electron chi connectivity index (χ1n) is 7.11. The molecule has 1 N–H and O–H groups in total. The van der Waals surface area contributed by atoms with Crippen LogP contribution in [0.1, 0.15) is 30.6 Å². The molecule has 1 unspecified atom stereocenters. The highest BCUT2D eigenvalue weighted by Crippen LogP contribution is 2.32. The zero-order chi connectivity index (χ0) is 14.7. The third kappa shape index (κ3) is 2.82. The summed E-state index contributed by atoms with van der Waals surface area (Å²) >= 11 is 1.69. The van der Waals surface area contributed by atoms with E-state index in [9.17, 15) is 4.39 Å². The standard InChI is InChI=1S/C17H17FN2S/c1-2-9-19-15(16-14(18)7-4-10-20-16)13-6-3-5-12-8-11-21-17(12)13/h3-8,10-11,15,19H,2,9H2,1H3. The lowest BCUT2D eigenvalue weighted by Gasteiger charge is -2.19. The van der Waals surface area contributed by atoms with Crippen molar-refractivity contribution in [3.8, 4) is 0 Å². The van der Waals surface area contributed by atoms with E-state index in [0.717, 1.165) is 18.5 Å². The first-order chi connectivity index (χ1) is 10.3. The van der Waals surface area contributed by atoms with Crippen molar-refractivity contribution in [2.24, 2.45) is 0 Å². The molecule has 0 amide bonds. The predicted octanol–water partition coefficient (Wildman–Crippen LogP) is 4.52. The number of hydrogen-bond donors (Lipinski definition) is 1. The topological polar surface area (TPSA) is 24.9 Å². The average molecular weight is 300 g/mol. The van der Waals surface area contributed by atoms with Crippen LogP contribution in [0, 0.1) is 5.82 Å². The van der Waals surface area contributed by atoms with Gasteiger partial charge in [-0.2, -0.15) is 0 Å². The normalized spacial score (nSPS) is 12.7. The average Bonchev–Trinajstić information content (AvgIpc) is 2.98. The molecule has 0 aliphatic rings. The lowest BCUT2D eigenvalue weighted by Crippen LogP contribution is -2.25. The Labute approximate surface area is 127 Å². The van der Waals surface area contributed by atoms with E-state index >= 15 is 0 Å². The highest BCUT2D eigenvalue weighted by atomic mass is 32.1. The number of aromatic nitrogens is 1. The molecule has 3 aromatic rings. The van der Waals surface area contributed by atoms with Gasteiger partial charge < -0.3 is 5.32 Å². The van der Waals surface area contributed by atoms with Crippen LogP contribution in [0.15, 0.2) is 48.0 Å². The van der Waals surface area contributed by atoms with Gasteiger partial charge in [0.05, 0.1) is 11.7 Å². The maximum Gasteiger partial charge on any atom is 0.146 e. The smallest absolute Gasteiger partial charge is 0.146 e. The molecule has 2 heterocycles. The van der Waals surface area contributed by atoms with E-state index < -0.39 is 0 Å². The Bertz CT molecular complexity index is 738. The molecule has 0 aliphatic heterocycles. The molecule has 0 fully saturated rings. The Morgan fingerprint density at radius 3 is 2.95 bits per heavy atom. The zero-order valence-electron chi connectivity index (χ0n) is 11.8. The molecular formula is C17H17FN2S. The SMILES string of the molecule is CCCNC(c1ncccc1F)c1cccc2ccsc12. The van der Waals surface area contributed by atoms with Crippen molar-refractivity contribution in [3.63, 3.8) is 0 Å². The molecule has 4 heteroatoms. The van der Waals surface area contributed by atoms with E-state index in [1.165, 1.54) is 16.2 Å². The lowest BCUT2D eigenvalue weighted by molar-refractivity contribution is 0.533. The molecule has 0 radical (unpaired) electrons. The minimum Gasteiger partial charge on any atom is -0.305 e. The number of nitrogens with zero attached hydrogens (tertiary/aromatic N) is 1. The van der Waals surface area contributed by atoms with Gasteiger partial charge in [0.25, 0.3) is 0 Å². The van der Waals surface area contributed by atoms with E-state index in [0.29, 0.717) is 5.69 Å². The van der Waals surface area contributed by atoms with Gasteiger partial charge >= 0.3 is 0 Å². The maximum absolute atomic E-state index is 14.2. The van der Waals surface area contributed by atoms with Crippen LogP contribution < -0.4 is 5.32 Å². The van der Waals surface area contributed by atoms with Crippen molar-refractivity contribution >= 4 is 21.4 Å². The number of rotatable bonds is 5. The molecule has 0 saturated carbocycles. The van der Waals surface area contributed by atoms with Crippen LogP contribution >= 0.6 is 11.3 Å². The van der Waals surface area contributed by atoms with Gasteiger partial charge in [-0.3, -0.25) is 4.98 Å². The zero-order valence-corrected chi connectivity index (χ0v) is 12.7. The summed E-state index contributed by atoms with van der Waals surface area (Å²) in [5, 5.41) is 6.69.